The van der Waals surface area contributed by atoms with Gasteiger partial charge in [-0.2, -0.15) is 11.5 Å². The average Bonchev–Trinajstić information content (AvgIpc) is 3.73. The number of carbonyl (C=O) groups excluding carboxylic acids is 1. The summed E-state index contributed by atoms with van der Waals surface area (Å²) in [6.45, 7) is 11.2. The third-order valence-electron chi connectivity index (χ3n) is 13.8. The van der Waals surface area contributed by atoms with E-state index < -0.39 is 38.8 Å². The third-order valence-corrected chi connectivity index (χ3v) is 15.3. The zero-order valence-corrected chi connectivity index (χ0v) is 61.2. The van der Waals surface area contributed by atoms with Gasteiger partial charge < -0.3 is 51.6 Å². The Morgan fingerprint density at radius 2 is 1.58 bits per heavy atom. The molecule has 1 aliphatic carbocycles. The summed E-state index contributed by atoms with van der Waals surface area (Å²) in [5, 5.41) is 48.0. The molecule has 0 saturated carbocycles. The molecule has 5 N–H and O–H groups in total. The predicted molar refractivity (Wildman–Crippen MR) is 282 cm³/mol. The van der Waals surface area contributed by atoms with E-state index in [1.165, 1.54) is 53.4 Å². The number of para-hydroxylation sites is 1. The topological polar surface area (TPSA) is 261 Å². The summed E-state index contributed by atoms with van der Waals surface area (Å²) in [5.74, 6) is -3.31. The second kappa shape index (κ2) is 33.5. The molecule has 17 nitrogen and oxygen atoms in total. The monoisotopic (exact) mass is 1520 g/mol. The van der Waals surface area contributed by atoms with Crippen LogP contribution in [0, 0.1) is 14.6 Å². The number of phenolic OH excluding ortho intramolecular Hbond substituents is 1. The summed E-state index contributed by atoms with van der Waals surface area (Å²) in [6, 6.07) is 21.2. The van der Waals surface area contributed by atoms with Crippen molar-refractivity contribution in [3.05, 3.63) is 174 Å². The van der Waals surface area contributed by atoms with Crippen LogP contribution in [0.3, 0.4) is 0 Å². The molecule has 0 bridgehead atoms. The largest absolute Gasteiger partial charge is 0.744 e. The number of carboxylic acids is 2. The second-order valence-electron chi connectivity index (χ2n) is 18.9. The number of carbonyl (C=O) groups is 3. The number of carboxylic acid groups (broad SMARTS) is 2. The Labute approximate surface area is 600 Å². The van der Waals surface area contributed by atoms with E-state index in [2.05, 4.69) is 41.5 Å². The van der Waals surface area contributed by atoms with Crippen molar-refractivity contribution in [3.8, 4) is 28.2 Å². The molecule has 4 aliphatic rings. The Morgan fingerprint density at radius 1 is 0.889 bits per heavy atom. The third kappa shape index (κ3) is 16.9. The summed E-state index contributed by atoms with van der Waals surface area (Å²) in [6.07, 6.45) is 10.6. The van der Waals surface area contributed by atoms with Crippen molar-refractivity contribution < 1.29 is 235 Å². The Bertz CT molecular complexity index is 3450. The Hall–Kier alpha value is -1.65. The number of rotatable bonds is 18. The molecule has 4 aromatic carbocycles. The molecule has 25 heteroatoms. The molecule has 5 radical (unpaired) electrons. The van der Waals surface area contributed by atoms with Crippen LogP contribution >= 0.6 is 12.0 Å². The number of hydrogen-bond acceptors (Lipinski definition) is 14. The first-order valence-electron chi connectivity index (χ1n) is 23.6. The molecule has 4 aromatic rings. The number of aromatic carboxylic acids is 2. The van der Waals surface area contributed by atoms with E-state index in [0.717, 1.165) is 46.5 Å². The molecule has 2 atom stereocenters. The molecule has 81 heavy (non-hydrogen) atoms. The number of hydrogen-bond donors (Lipinski definition) is 5. The normalized spacial score (nSPS) is 15.9. The van der Waals surface area contributed by atoms with Crippen LogP contribution in [-0.4, -0.2) is 65.3 Å². The van der Waals surface area contributed by atoms with Crippen LogP contribution in [0.25, 0.3) is 33.4 Å². The molecule has 2 unspecified atom stereocenters. The minimum absolute atomic E-state index is 0. The van der Waals surface area contributed by atoms with Gasteiger partial charge in [-0.3, -0.25) is 19.5 Å². The predicted octanol–water partition coefficient (Wildman–Crippen LogP) is 8.46. The molecule has 3 heterocycles. The quantitative estimate of drug-likeness (QED) is 0.00790. The molecule has 0 spiro atoms. The van der Waals surface area contributed by atoms with E-state index in [9.17, 15) is 57.1 Å². The maximum atomic E-state index is 13.5. The van der Waals surface area contributed by atoms with Crippen LogP contribution in [0.4, 0.5) is 15.8 Å². The van der Waals surface area contributed by atoms with E-state index in [1.807, 2.05) is 61.3 Å². The number of benzene rings is 5. The molecular formula is C56H57FN3O14S2Y5-3. The number of fused-ring (bicyclic) bond motifs is 4. The van der Waals surface area contributed by atoms with Crippen LogP contribution in [0.1, 0.15) is 91.3 Å². The van der Waals surface area contributed by atoms with Gasteiger partial charge in [0.05, 0.1) is 57.8 Å². The van der Waals surface area contributed by atoms with Crippen molar-refractivity contribution in [3.63, 3.8) is 0 Å². The number of amides is 1. The Kier molecular flexibility index (Phi) is 32.0. The first-order chi connectivity index (χ1) is 35.7. The molecule has 1 amide bonds. The molecule has 417 valence electrons. The summed E-state index contributed by atoms with van der Waals surface area (Å²) < 4.78 is 58.1. The zero-order valence-electron chi connectivity index (χ0n) is 45.4. The van der Waals surface area contributed by atoms with Gasteiger partial charge in [0.15, 0.2) is 5.43 Å². The molecule has 8 rings (SSSR count). The first kappa shape index (κ1) is 77.4. The van der Waals surface area contributed by atoms with E-state index in [-0.39, 0.29) is 246 Å². The van der Waals surface area contributed by atoms with Crippen LogP contribution in [0.5, 0.6) is 5.75 Å². The van der Waals surface area contributed by atoms with Crippen LogP contribution in [0.2, 0.25) is 0 Å². The minimum atomic E-state index is -4.90. The molecule has 3 aliphatic heterocycles. The second-order valence-corrected chi connectivity index (χ2v) is 21.0. The van der Waals surface area contributed by atoms with Crippen molar-refractivity contribution >= 4 is 62.4 Å². The van der Waals surface area contributed by atoms with Gasteiger partial charge in [-0.05, 0) is 111 Å². The molecular weight excluding hydrogens is 1470 g/mol. The number of nitrogens with one attached hydrogen (secondary N) is 2. The summed E-state index contributed by atoms with van der Waals surface area (Å²) in [7, 11) is -3.15. The van der Waals surface area contributed by atoms with Crippen molar-refractivity contribution in [1.82, 2.24) is 5.32 Å². The van der Waals surface area contributed by atoms with Gasteiger partial charge in [-0.15, -0.1) is 0 Å². The molecule has 0 saturated heterocycles. The number of unbranched alkanes of at least 4 members (excludes halogenated alkanes) is 1. The van der Waals surface area contributed by atoms with Crippen LogP contribution in [-0.2, 0) is 205 Å². The fraction of sp³-hybridized carbons (Fsp3) is 0.250. The number of anilines is 1. The number of likely N-dealkylation sites (N-methyl/N-ethyl adjacent to an activating group) is 1. The first-order valence-corrected chi connectivity index (χ1v) is 25.8. The number of aromatic hydroxyl groups is 1. The number of nitrogens with zero attached hydrogens (tertiary/aromatic N) is 1. The SMILES string of the molecule is CC[NH+]1c2ccc(SOO[O-])cc2C(C)(C)C1/C=C/C=C/C=C1/N(CCCCC(=O)NCc2c(O)ccc3c(-c4ccc(C(=O)O)cc4C(=O)O)c4ccc(=O)cc-4oc23)c2c(cccc2S(=O)(=O)[O-])C1(C)C.[CH2-]F.[CH3-].[Y].[Y].[Y].[Y].[Y]. The van der Waals surface area contributed by atoms with Gasteiger partial charge in [0.1, 0.15) is 38.9 Å². The Balaban J connectivity index is 0.00000406. The summed E-state index contributed by atoms with van der Waals surface area (Å²) in [5.41, 5.74) is 2.97. The van der Waals surface area contributed by atoms with Crippen LogP contribution < -0.4 is 25.8 Å². The van der Waals surface area contributed by atoms with Crippen LogP contribution in [0.15, 0.2) is 140 Å². The van der Waals surface area contributed by atoms with E-state index in [1.54, 1.807) is 19.3 Å². The average molecular weight is 1520 g/mol. The smallest absolute Gasteiger partial charge is 0.336 e. The molecule has 0 aromatic heterocycles. The number of allylic oxidation sites excluding steroid dienone is 5. The van der Waals surface area contributed by atoms with Gasteiger partial charge in [-0.1, -0.05) is 50.3 Å². The molecule has 0 fully saturated rings. The maximum Gasteiger partial charge on any atom is 0.336 e. The number of halogens is 1. The summed E-state index contributed by atoms with van der Waals surface area (Å²) in [4.78, 5) is 53.8. The fourth-order valence-corrected chi connectivity index (χ4v) is 11.4. The summed E-state index contributed by atoms with van der Waals surface area (Å²) >= 11 is 0.850. The van der Waals surface area contributed by atoms with Gasteiger partial charge in [0.25, 0.3) is 0 Å². The minimum Gasteiger partial charge on any atom is -0.744 e. The van der Waals surface area contributed by atoms with Gasteiger partial charge in [0.2, 0.25) is 5.91 Å². The van der Waals surface area contributed by atoms with Gasteiger partial charge in [0, 0.05) is 227 Å². The standard InChI is InChI=1S/C54H53N3O14S2.CH2F.CH3.5Y/c1-6-56-41-24-20-33(72-71-70-65)29-40(41)54(4,5)45(56)15-8-7-9-16-46-53(2,3)39-13-12-14-44(73(66,67)68)49(39)57(46)26-11-10-17-47(60)55-30-38-42(59)25-23-36-48(35-22-19-32(58)28-43(35)69-50(36)38)34-21-18-31(51(61)62)27-37(34)52(63)64;1-2;;;;;;/h7-9,12-16,18-25,27-29,45,59,65H,6,10-11,17,26,30H2,1-5H3,(H,55,60)(H,61,62)(H,63,64)(H,66,67,68);1H2;1H3;;;;;/q;2*-1;;;;;/p-1/b9-7+,15-8+,46-16+;;;;;;;. The Morgan fingerprint density at radius 3 is 2.22 bits per heavy atom. The van der Waals surface area contributed by atoms with Gasteiger partial charge in [-0.25, -0.2) is 18.0 Å². The van der Waals surface area contributed by atoms with E-state index >= 15 is 0 Å². The maximum absolute atomic E-state index is 13.5. The van der Waals surface area contributed by atoms with Crippen molar-refractivity contribution in [2.24, 2.45) is 0 Å². The zero-order chi connectivity index (χ0) is 54.6. The van der Waals surface area contributed by atoms with Crippen molar-refractivity contribution in [2.75, 3.05) is 18.0 Å². The van der Waals surface area contributed by atoms with Gasteiger partial charge >= 0.3 is 11.9 Å². The van der Waals surface area contributed by atoms with Crippen molar-refractivity contribution in [2.45, 2.75) is 87.1 Å². The number of phenols is 1. The fourth-order valence-electron chi connectivity index (χ4n) is 10.3. The van der Waals surface area contributed by atoms with Crippen molar-refractivity contribution in [1.29, 1.82) is 0 Å². The number of quaternary nitrogens is 1. The van der Waals surface area contributed by atoms with E-state index in [0.29, 0.717) is 40.6 Å². The van der Waals surface area contributed by atoms with E-state index in [4.69, 9.17) is 4.42 Å².